The molecule has 4 fully saturated rings. The van der Waals surface area contributed by atoms with Crippen molar-refractivity contribution in [3.63, 3.8) is 0 Å². The Balaban J connectivity index is 1.18. The van der Waals surface area contributed by atoms with Crippen molar-refractivity contribution < 1.29 is 0 Å². The highest BCUT2D eigenvalue weighted by Gasteiger charge is 2.84. The van der Waals surface area contributed by atoms with Crippen molar-refractivity contribution in [2.45, 2.75) is 160 Å². The van der Waals surface area contributed by atoms with Gasteiger partial charge in [-0.3, -0.25) is 0 Å². The first-order chi connectivity index (χ1) is 28.8. The summed E-state index contributed by atoms with van der Waals surface area (Å²) in [5, 5.41) is 0. The molecular formula is C60H69N. The Hall–Kier alpha value is -4.10. The lowest BCUT2D eigenvalue weighted by atomic mass is 9.27. The highest BCUT2D eigenvalue weighted by atomic mass is 15.2. The van der Waals surface area contributed by atoms with Gasteiger partial charge in [-0.2, -0.15) is 0 Å². The summed E-state index contributed by atoms with van der Waals surface area (Å²) in [7, 11) is 0. The minimum Gasteiger partial charge on any atom is -0.309 e. The van der Waals surface area contributed by atoms with Crippen LogP contribution in [0, 0.1) is 29.1 Å². The van der Waals surface area contributed by atoms with Crippen molar-refractivity contribution in [1.82, 2.24) is 0 Å². The second-order valence-corrected chi connectivity index (χ2v) is 25.1. The summed E-state index contributed by atoms with van der Waals surface area (Å²) in [6.45, 7) is 26.9. The molecule has 0 heterocycles. The molecule has 0 N–H and O–H groups in total. The van der Waals surface area contributed by atoms with E-state index >= 15 is 0 Å². The molecule has 6 unspecified atom stereocenters. The molecule has 0 amide bonds. The van der Waals surface area contributed by atoms with E-state index in [0.29, 0.717) is 5.41 Å². The van der Waals surface area contributed by atoms with E-state index in [-0.39, 0.29) is 32.5 Å². The Bertz CT molecular complexity index is 2600. The predicted molar refractivity (Wildman–Crippen MR) is 257 cm³/mol. The molecule has 1 heteroatoms. The molecule has 0 radical (unpaired) electrons. The van der Waals surface area contributed by atoms with Crippen LogP contribution in [0.2, 0.25) is 0 Å². The third kappa shape index (κ3) is 4.85. The maximum atomic E-state index is 2.77. The summed E-state index contributed by atoms with van der Waals surface area (Å²) in [5.74, 6) is 3.42. The SMILES string of the molecule is CC(C)(C)c1ccc(-c2ccc3c(c2N(c2ccc4c(c2)C(C)(C)CCC4(C)C)c2ccc4c(c2)C(C)(C)CCC4(C)C)-c2ccccc2C32C3CC4CC5CC2C53C4)cc1. The smallest absolute Gasteiger partial charge is 0.0621 e. The van der Waals surface area contributed by atoms with Gasteiger partial charge in [0.15, 0.2) is 0 Å². The van der Waals surface area contributed by atoms with Crippen molar-refractivity contribution in [3.8, 4) is 22.3 Å². The number of benzene rings is 5. The standard InChI is InChI=1S/C60H69N/c1-54(2,3)38-18-16-37(17-19-38)42-22-25-47-52(43-14-12-13-15-44(43)60(47)50-31-36-30-39-32-51(60)59(39,50)35-36)53(42)61(40-20-23-45-48(33-40)57(8,9)28-26-55(45,4)5)41-21-24-46-49(34-41)58(10,11)29-27-56(46,6)7/h12-25,33-34,36,39,50-51H,26-32,35H2,1-11H3. The number of rotatable bonds is 4. The number of hydrogen-bond acceptors (Lipinski definition) is 1. The average molecular weight is 804 g/mol. The minimum absolute atomic E-state index is 0.0888. The maximum Gasteiger partial charge on any atom is 0.0621 e. The van der Waals surface area contributed by atoms with Gasteiger partial charge in [-0.1, -0.05) is 149 Å². The van der Waals surface area contributed by atoms with E-state index in [0.717, 1.165) is 23.7 Å². The van der Waals surface area contributed by atoms with Gasteiger partial charge in [0.25, 0.3) is 0 Å². The van der Waals surface area contributed by atoms with E-state index < -0.39 is 0 Å². The van der Waals surface area contributed by atoms with Crippen LogP contribution in [-0.2, 0) is 32.5 Å². The van der Waals surface area contributed by atoms with Crippen LogP contribution in [0.3, 0.4) is 0 Å². The van der Waals surface area contributed by atoms with Gasteiger partial charge in [-0.25, -0.2) is 0 Å². The molecule has 4 saturated carbocycles. The molecule has 5 aromatic rings. The van der Waals surface area contributed by atoms with E-state index in [2.05, 4.69) is 178 Å². The van der Waals surface area contributed by atoms with Gasteiger partial charge in [-0.05, 0) is 182 Å². The quantitative estimate of drug-likeness (QED) is 0.175. The van der Waals surface area contributed by atoms with Gasteiger partial charge >= 0.3 is 0 Å². The van der Waals surface area contributed by atoms with Crippen LogP contribution in [0.4, 0.5) is 17.1 Å². The molecule has 0 saturated heterocycles. The molecule has 61 heavy (non-hydrogen) atoms. The minimum atomic E-state index is 0.0888. The third-order valence-corrected chi connectivity index (χ3v) is 19.2. The van der Waals surface area contributed by atoms with Gasteiger partial charge in [0.05, 0.1) is 5.69 Å². The van der Waals surface area contributed by atoms with E-state index in [1.807, 2.05) is 0 Å². The summed E-state index contributed by atoms with van der Waals surface area (Å²) < 4.78 is 0. The Morgan fingerprint density at radius 1 is 0.508 bits per heavy atom. The highest BCUT2D eigenvalue weighted by molar-refractivity contribution is 6.03. The molecule has 7 aliphatic rings. The summed E-state index contributed by atoms with van der Waals surface area (Å²) in [5.41, 5.74) is 21.7. The first kappa shape index (κ1) is 38.6. The van der Waals surface area contributed by atoms with Crippen LogP contribution in [-0.4, -0.2) is 0 Å². The molecule has 12 rings (SSSR count). The summed E-state index contributed by atoms with van der Waals surface area (Å²) >= 11 is 0. The molecule has 7 aliphatic carbocycles. The first-order valence-corrected chi connectivity index (χ1v) is 24.3. The molecule has 2 spiro atoms. The third-order valence-electron chi connectivity index (χ3n) is 19.2. The summed E-state index contributed by atoms with van der Waals surface area (Å²) in [4.78, 5) is 2.77. The Kier molecular flexibility index (Phi) is 7.53. The van der Waals surface area contributed by atoms with Gasteiger partial charge in [0.1, 0.15) is 0 Å². The molecule has 1 nitrogen and oxygen atoms in total. The predicted octanol–water partition coefficient (Wildman–Crippen LogP) is 16.2. The molecule has 0 aromatic heterocycles. The van der Waals surface area contributed by atoms with Crippen LogP contribution >= 0.6 is 0 Å². The Labute approximate surface area is 367 Å². The highest BCUT2D eigenvalue weighted by Crippen LogP contribution is 2.90. The Morgan fingerprint density at radius 2 is 1.05 bits per heavy atom. The number of anilines is 3. The topological polar surface area (TPSA) is 3.24 Å². The second-order valence-electron chi connectivity index (χ2n) is 25.1. The zero-order valence-electron chi connectivity index (χ0n) is 39.2. The summed E-state index contributed by atoms with van der Waals surface area (Å²) in [6, 6.07) is 40.0. The molecule has 314 valence electrons. The van der Waals surface area contributed by atoms with Crippen LogP contribution in [0.1, 0.15) is 166 Å². The lowest BCUT2D eigenvalue weighted by molar-refractivity contribution is -0.231. The maximum absolute atomic E-state index is 2.77. The molecular weight excluding hydrogens is 735 g/mol. The van der Waals surface area contributed by atoms with Crippen LogP contribution in [0.25, 0.3) is 22.3 Å². The lowest BCUT2D eigenvalue weighted by Crippen LogP contribution is -2.73. The second kappa shape index (κ2) is 11.9. The zero-order chi connectivity index (χ0) is 42.4. The largest absolute Gasteiger partial charge is 0.309 e. The van der Waals surface area contributed by atoms with E-state index in [4.69, 9.17) is 0 Å². The van der Waals surface area contributed by atoms with Crippen molar-refractivity contribution in [2.24, 2.45) is 29.1 Å². The van der Waals surface area contributed by atoms with E-state index in [1.165, 1.54) is 118 Å². The Morgan fingerprint density at radius 3 is 1.62 bits per heavy atom. The lowest BCUT2D eigenvalue weighted by Gasteiger charge is -2.76. The molecule has 2 bridgehead atoms. The van der Waals surface area contributed by atoms with Crippen molar-refractivity contribution in [3.05, 3.63) is 136 Å². The normalized spacial score (nSPS) is 30.7. The molecule has 0 aliphatic heterocycles. The van der Waals surface area contributed by atoms with Crippen LogP contribution < -0.4 is 4.90 Å². The van der Waals surface area contributed by atoms with E-state index in [9.17, 15) is 0 Å². The van der Waals surface area contributed by atoms with Crippen molar-refractivity contribution in [1.29, 1.82) is 0 Å². The van der Waals surface area contributed by atoms with Gasteiger partial charge in [0.2, 0.25) is 0 Å². The monoisotopic (exact) mass is 804 g/mol. The molecule has 5 aromatic carbocycles. The van der Waals surface area contributed by atoms with Crippen LogP contribution in [0.15, 0.2) is 97.1 Å². The number of fused-ring (bicyclic) bond motifs is 10. The number of nitrogens with zero attached hydrogens (tertiary/aromatic N) is 1. The van der Waals surface area contributed by atoms with Gasteiger partial charge < -0.3 is 4.90 Å². The summed E-state index contributed by atoms with van der Waals surface area (Å²) in [6.07, 6.45) is 10.7. The van der Waals surface area contributed by atoms with Crippen LogP contribution in [0.5, 0.6) is 0 Å². The fourth-order valence-corrected chi connectivity index (χ4v) is 15.8. The number of hydrogen-bond donors (Lipinski definition) is 0. The van der Waals surface area contributed by atoms with Gasteiger partial charge in [-0.15, -0.1) is 0 Å². The fourth-order valence-electron chi connectivity index (χ4n) is 15.8. The molecule has 6 atom stereocenters. The zero-order valence-corrected chi connectivity index (χ0v) is 39.2. The average Bonchev–Trinajstić information content (AvgIpc) is 3.85. The first-order valence-electron chi connectivity index (χ1n) is 24.3. The van der Waals surface area contributed by atoms with Crippen molar-refractivity contribution in [2.75, 3.05) is 4.90 Å². The fraction of sp³-hybridized carbons (Fsp3) is 0.500. The van der Waals surface area contributed by atoms with Gasteiger partial charge in [0, 0.05) is 27.9 Å². The van der Waals surface area contributed by atoms with Crippen molar-refractivity contribution >= 4 is 17.1 Å². The van der Waals surface area contributed by atoms with E-state index in [1.54, 1.807) is 11.1 Å².